The third-order valence-electron chi connectivity index (χ3n) is 11.9. The molecule has 3 fully saturated rings. The summed E-state index contributed by atoms with van der Waals surface area (Å²) in [4.78, 5) is 60.5. The fraction of sp³-hybridized carbons (Fsp3) is 0.435. The van der Waals surface area contributed by atoms with Gasteiger partial charge in [0.15, 0.2) is 0 Å². The number of amides is 3. The minimum absolute atomic E-state index is 0.151. The van der Waals surface area contributed by atoms with Crippen LogP contribution in [0.4, 0.5) is 11.4 Å². The number of piperazine rings is 1. The maximum atomic E-state index is 14.0. The third-order valence-corrected chi connectivity index (χ3v) is 11.9. The van der Waals surface area contributed by atoms with Crippen LogP contribution in [0.5, 0.6) is 0 Å². The van der Waals surface area contributed by atoms with Crippen molar-refractivity contribution in [3.8, 4) is 11.1 Å². The Hall–Kier alpha value is -5.30. The highest BCUT2D eigenvalue weighted by Gasteiger charge is 2.27. The van der Waals surface area contributed by atoms with Gasteiger partial charge in [-0.2, -0.15) is 0 Å². The van der Waals surface area contributed by atoms with E-state index in [1.807, 2.05) is 45.0 Å². The first-order valence-electron chi connectivity index (χ1n) is 20.7. The minimum atomic E-state index is -0.386. The first-order valence-corrected chi connectivity index (χ1v) is 20.7. The zero-order valence-electron chi connectivity index (χ0n) is 34.3. The van der Waals surface area contributed by atoms with Crippen LogP contribution in [0.1, 0.15) is 76.5 Å². The highest BCUT2D eigenvalue weighted by molar-refractivity contribution is 6.01. The fourth-order valence-corrected chi connectivity index (χ4v) is 8.55. The molecule has 0 bridgehead atoms. The van der Waals surface area contributed by atoms with E-state index in [9.17, 15) is 19.2 Å². The van der Waals surface area contributed by atoms with Gasteiger partial charge in [-0.25, -0.2) is 0 Å². The van der Waals surface area contributed by atoms with E-state index in [0.717, 1.165) is 111 Å². The molecule has 7 rings (SSSR count). The van der Waals surface area contributed by atoms with Gasteiger partial charge in [-0.3, -0.25) is 34.3 Å². The van der Waals surface area contributed by atoms with E-state index < -0.39 is 0 Å². The lowest BCUT2D eigenvalue weighted by atomic mass is 9.94. The first kappa shape index (κ1) is 40.9. The van der Waals surface area contributed by atoms with Crippen molar-refractivity contribution in [2.24, 2.45) is 0 Å². The van der Waals surface area contributed by atoms with Crippen LogP contribution in [0.3, 0.4) is 0 Å². The van der Waals surface area contributed by atoms with E-state index in [0.29, 0.717) is 30.0 Å². The SMILES string of the molecule is CCN(c1cc(-c2ccc(CN3CCN(Cc4ccc(NC5CCC(=O)NC5=O)cc4)CC3)cc2)cc(C(=O)NCc2c(C)cc(C)[nH]c2=O)c1C)C1CCOCC1. The summed E-state index contributed by atoms with van der Waals surface area (Å²) < 4.78 is 5.70. The van der Waals surface area contributed by atoms with Gasteiger partial charge in [0.05, 0.1) is 0 Å². The van der Waals surface area contributed by atoms with Crippen LogP contribution in [0, 0.1) is 20.8 Å². The van der Waals surface area contributed by atoms with Crippen LogP contribution < -0.4 is 26.4 Å². The number of aromatic amines is 1. The van der Waals surface area contributed by atoms with Gasteiger partial charge in [-0.15, -0.1) is 0 Å². The topological polar surface area (TPSA) is 139 Å². The molecule has 1 atom stereocenters. The van der Waals surface area contributed by atoms with Crippen LogP contribution in [0.15, 0.2) is 71.5 Å². The summed E-state index contributed by atoms with van der Waals surface area (Å²) in [6, 6.07) is 23.1. The Labute approximate surface area is 341 Å². The molecule has 4 heterocycles. The van der Waals surface area contributed by atoms with Crippen molar-refractivity contribution < 1.29 is 19.1 Å². The predicted octanol–water partition coefficient (Wildman–Crippen LogP) is 5.44. The van der Waals surface area contributed by atoms with Crippen LogP contribution >= 0.6 is 0 Å². The van der Waals surface area contributed by atoms with E-state index in [-0.39, 0.29) is 35.9 Å². The second-order valence-electron chi connectivity index (χ2n) is 16.0. The Morgan fingerprint density at radius 3 is 2.07 bits per heavy atom. The van der Waals surface area contributed by atoms with Crippen molar-refractivity contribution >= 4 is 29.1 Å². The molecule has 1 aromatic heterocycles. The van der Waals surface area contributed by atoms with Crippen LogP contribution in [0.2, 0.25) is 0 Å². The molecule has 0 spiro atoms. The number of anilines is 2. The highest BCUT2D eigenvalue weighted by Crippen LogP contribution is 2.34. The molecule has 4 N–H and O–H groups in total. The summed E-state index contributed by atoms with van der Waals surface area (Å²) in [5.41, 5.74) is 10.0. The molecule has 12 nitrogen and oxygen atoms in total. The summed E-state index contributed by atoms with van der Waals surface area (Å²) in [6.45, 7) is 16.0. The normalized spacial score (nSPS) is 18.2. The average molecular weight is 788 g/mol. The summed E-state index contributed by atoms with van der Waals surface area (Å²) >= 11 is 0. The molecule has 1 unspecified atom stereocenters. The second-order valence-corrected chi connectivity index (χ2v) is 16.0. The number of piperidine rings is 1. The minimum Gasteiger partial charge on any atom is -0.381 e. The van der Waals surface area contributed by atoms with Gasteiger partial charge in [-0.05, 0) is 111 Å². The smallest absolute Gasteiger partial charge is 0.253 e. The van der Waals surface area contributed by atoms with Gasteiger partial charge >= 0.3 is 0 Å². The number of H-pyrrole nitrogens is 1. The van der Waals surface area contributed by atoms with Gasteiger partial charge in [-0.1, -0.05) is 36.4 Å². The van der Waals surface area contributed by atoms with Crippen molar-refractivity contribution in [3.05, 3.63) is 116 Å². The van der Waals surface area contributed by atoms with Gasteiger partial charge in [0.25, 0.3) is 11.5 Å². The lowest BCUT2D eigenvalue weighted by Gasteiger charge is -2.37. The summed E-state index contributed by atoms with van der Waals surface area (Å²) in [5.74, 6) is -0.671. The third kappa shape index (κ3) is 9.86. The number of ether oxygens (including phenoxy) is 1. The largest absolute Gasteiger partial charge is 0.381 e. The number of benzene rings is 3. The Bertz CT molecular complexity index is 2150. The molecule has 3 aliphatic heterocycles. The van der Waals surface area contributed by atoms with E-state index >= 15 is 0 Å². The second kappa shape index (κ2) is 18.5. The van der Waals surface area contributed by atoms with Crippen molar-refractivity contribution in [2.45, 2.75) is 85.1 Å². The van der Waals surface area contributed by atoms with E-state index in [2.05, 4.69) is 85.0 Å². The monoisotopic (exact) mass is 787 g/mol. The zero-order chi connectivity index (χ0) is 40.8. The molecule has 12 heteroatoms. The summed E-state index contributed by atoms with van der Waals surface area (Å²) in [5, 5.41) is 8.71. The Morgan fingerprint density at radius 2 is 1.47 bits per heavy atom. The molecule has 0 radical (unpaired) electrons. The Balaban J connectivity index is 0.995. The number of carbonyl (C=O) groups excluding carboxylic acids is 3. The molecule has 3 aromatic carbocycles. The van der Waals surface area contributed by atoms with Crippen LogP contribution in [-0.2, 0) is 34.0 Å². The number of carbonyl (C=O) groups is 3. The number of nitrogens with one attached hydrogen (secondary N) is 4. The highest BCUT2D eigenvalue weighted by atomic mass is 16.5. The van der Waals surface area contributed by atoms with Crippen LogP contribution in [0.25, 0.3) is 11.1 Å². The first-order chi connectivity index (χ1) is 28.0. The molecule has 58 heavy (non-hydrogen) atoms. The number of nitrogens with zero attached hydrogens (tertiary/aromatic N) is 3. The zero-order valence-corrected chi connectivity index (χ0v) is 34.3. The van der Waals surface area contributed by atoms with E-state index in [1.165, 1.54) is 11.1 Å². The van der Waals surface area contributed by atoms with Gasteiger partial charge in [0.2, 0.25) is 11.8 Å². The number of imide groups is 1. The molecular formula is C46H57N7O5. The Morgan fingerprint density at radius 1 is 0.828 bits per heavy atom. The van der Waals surface area contributed by atoms with Crippen LogP contribution in [-0.4, -0.2) is 90.5 Å². The summed E-state index contributed by atoms with van der Waals surface area (Å²) in [6.07, 6.45) is 2.74. The van der Waals surface area contributed by atoms with Crippen molar-refractivity contribution in [3.63, 3.8) is 0 Å². The lowest BCUT2D eigenvalue weighted by molar-refractivity contribution is -0.133. The predicted molar refractivity (Wildman–Crippen MR) is 228 cm³/mol. The van der Waals surface area contributed by atoms with Crippen molar-refractivity contribution in [1.82, 2.24) is 25.4 Å². The average Bonchev–Trinajstić information content (AvgIpc) is 3.21. The number of rotatable bonds is 13. The van der Waals surface area contributed by atoms with Crippen molar-refractivity contribution in [2.75, 3.05) is 56.2 Å². The number of pyridine rings is 1. The molecule has 0 saturated carbocycles. The fourth-order valence-electron chi connectivity index (χ4n) is 8.55. The number of hydrogen-bond acceptors (Lipinski definition) is 9. The standard InChI is InChI=1S/C46H57N7O5/c1-5-53(38-16-22-58-23-17-38)42-26-36(25-39(32(42)4)44(55)47-27-40-30(2)24-31(3)48-45(40)56)35-10-6-33(7-11-35)28-51-18-20-52(21-19-51)29-34-8-12-37(13-9-34)49-41-14-15-43(54)50-46(41)57/h6-13,24-26,38,41,49H,5,14-23,27-29H2,1-4H3,(H,47,55)(H,48,56)(H,50,54,57). The maximum absolute atomic E-state index is 14.0. The van der Waals surface area contributed by atoms with E-state index in [4.69, 9.17) is 4.74 Å². The molecule has 3 amide bonds. The molecule has 3 aliphatic rings. The van der Waals surface area contributed by atoms with E-state index in [1.54, 1.807) is 0 Å². The number of hydrogen-bond donors (Lipinski definition) is 4. The van der Waals surface area contributed by atoms with Gasteiger partial charge in [0, 0.05) is 106 Å². The van der Waals surface area contributed by atoms with Crippen molar-refractivity contribution in [1.29, 1.82) is 0 Å². The molecule has 3 saturated heterocycles. The number of aromatic nitrogens is 1. The molecule has 0 aliphatic carbocycles. The molecule has 306 valence electrons. The Kier molecular flexibility index (Phi) is 13.1. The number of aryl methyl sites for hydroxylation is 2. The maximum Gasteiger partial charge on any atom is 0.253 e. The van der Waals surface area contributed by atoms with Gasteiger partial charge < -0.3 is 25.3 Å². The van der Waals surface area contributed by atoms with Gasteiger partial charge in [0.1, 0.15) is 6.04 Å². The quantitative estimate of drug-likeness (QED) is 0.131. The molecular weight excluding hydrogens is 731 g/mol. The molecule has 4 aromatic rings. The summed E-state index contributed by atoms with van der Waals surface area (Å²) in [7, 11) is 0. The lowest BCUT2D eigenvalue weighted by Crippen LogP contribution is -2.47.